The first-order valence-corrected chi connectivity index (χ1v) is 13.2. The SMILES string of the molecule is C=CC(c1ccc(N(C)C)nc1)S(=O)(=O)N(CC(=O)N(CC)Cc1ccccn1)c1ccc(C)cc1. The summed E-state index contributed by atoms with van der Waals surface area (Å²) in [6.07, 6.45) is 4.58. The second-order valence-electron chi connectivity index (χ2n) is 8.62. The van der Waals surface area contributed by atoms with Gasteiger partial charge in [-0.2, -0.15) is 0 Å². The molecule has 0 saturated carbocycles. The van der Waals surface area contributed by atoms with E-state index in [1.54, 1.807) is 35.4 Å². The number of rotatable bonds is 11. The molecule has 1 atom stereocenters. The Labute approximate surface area is 214 Å². The second-order valence-corrected chi connectivity index (χ2v) is 10.6. The zero-order valence-corrected chi connectivity index (χ0v) is 22.0. The highest BCUT2D eigenvalue weighted by Crippen LogP contribution is 2.31. The van der Waals surface area contributed by atoms with E-state index in [1.165, 1.54) is 16.6 Å². The summed E-state index contributed by atoms with van der Waals surface area (Å²) in [5.74, 6) is 0.383. The predicted octanol–water partition coefficient (Wildman–Crippen LogP) is 3.96. The number of pyridine rings is 2. The van der Waals surface area contributed by atoms with Gasteiger partial charge >= 0.3 is 0 Å². The molecule has 1 aromatic carbocycles. The summed E-state index contributed by atoms with van der Waals surface area (Å²) in [6, 6.07) is 16.0. The lowest BCUT2D eigenvalue weighted by molar-refractivity contribution is -0.130. The summed E-state index contributed by atoms with van der Waals surface area (Å²) in [5.41, 5.74) is 2.60. The molecule has 0 bridgehead atoms. The molecule has 0 radical (unpaired) electrons. The third kappa shape index (κ3) is 6.28. The molecule has 9 heteroatoms. The molecular formula is C27H33N5O3S. The summed E-state index contributed by atoms with van der Waals surface area (Å²) in [4.78, 5) is 25.5. The lowest BCUT2D eigenvalue weighted by Gasteiger charge is -2.30. The van der Waals surface area contributed by atoms with Crippen LogP contribution in [0.1, 0.15) is 29.0 Å². The molecule has 190 valence electrons. The maximum absolute atomic E-state index is 14.0. The quantitative estimate of drug-likeness (QED) is 0.365. The first-order chi connectivity index (χ1) is 17.2. The van der Waals surface area contributed by atoms with Gasteiger partial charge in [0.15, 0.2) is 0 Å². The van der Waals surface area contributed by atoms with Gasteiger partial charge in [0.05, 0.1) is 17.9 Å². The van der Waals surface area contributed by atoms with E-state index in [0.29, 0.717) is 30.2 Å². The van der Waals surface area contributed by atoms with E-state index in [1.807, 2.05) is 63.2 Å². The minimum absolute atomic E-state index is 0.290. The molecule has 36 heavy (non-hydrogen) atoms. The number of hydrogen-bond acceptors (Lipinski definition) is 6. The maximum Gasteiger partial charge on any atom is 0.246 e. The average Bonchev–Trinajstić information content (AvgIpc) is 2.87. The minimum atomic E-state index is -4.08. The van der Waals surface area contributed by atoms with Gasteiger partial charge in [-0.3, -0.25) is 14.1 Å². The lowest BCUT2D eigenvalue weighted by atomic mass is 10.2. The predicted molar refractivity (Wildman–Crippen MR) is 144 cm³/mol. The van der Waals surface area contributed by atoms with E-state index in [9.17, 15) is 13.2 Å². The summed E-state index contributed by atoms with van der Waals surface area (Å²) in [7, 11) is -0.356. The largest absolute Gasteiger partial charge is 0.363 e. The third-order valence-corrected chi connectivity index (χ3v) is 7.87. The zero-order chi connectivity index (χ0) is 26.3. The van der Waals surface area contributed by atoms with Crippen molar-refractivity contribution in [1.82, 2.24) is 14.9 Å². The molecule has 3 aromatic rings. The average molecular weight is 508 g/mol. The summed E-state index contributed by atoms with van der Waals surface area (Å²) < 4.78 is 29.2. The van der Waals surface area contributed by atoms with Gasteiger partial charge in [-0.05, 0) is 49.7 Å². The van der Waals surface area contributed by atoms with Gasteiger partial charge in [0.1, 0.15) is 17.6 Å². The van der Waals surface area contributed by atoms with Crippen LogP contribution in [0.4, 0.5) is 11.5 Å². The highest BCUT2D eigenvalue weighted by atomic mass is 32.2. The Kier molecular flexibility index (Phi) is 8.82. The monoisotopic (exact) mass is 507 g/mol. The van der Waals surface area contributed by atoms with Gasteiger partial charge in [0, 0.05) is 33.0 Å². The zero-order valence-electron chi connectivity index (χ0n) is 21.2. The molecule has 0 spiro atoms. The third-order valence-electron chi connectivity index (χ3n) is 5.81. The van der Waals surface area contributed by atoms with E-state index in [-0.39, 0.29) is 12.5 Å². The fourth-order valence-corrected chi connectivity index (χ4v) is 5.43. The van der Waals surface area contributed by atoms with Gasteiger partial charge in [-0.1, -0.05) is 35.9 Å². The standard InChI is InChI=1S/C27H33N5O3S/c1-6-25(22-13-16-26(29-18-22)30(4)5)36(34,35)32(24-14-11-21(3)12-15-24)20-27(33)31(7-2)19-23-10-8-9-17-28-23/h6,8-18,25H,1,7,19-20H2,2-5H3. The molecule has 8 nitrogen and oxygen atoms in total. The number of carbonyl (C=O) groups is 1. The van der Waals surface area contributed by atoms with Crippen molar-refractivity contribution in [3.8, 4) is 0 Å². The highest BCUT2D eigenvalue weighted by Gasteiger charge is 2.34. The molecule has 0 aliphatic carbocycles. The van der Waals surface area contributed by atoms with Crippen LogP contribution in [0.2, 0.25) is 0 Å². The highest BCUT2D eigenvalue weighted by molar-refractivity contribution is 7.93. The number of anilines is 2. The van der Waals surface area contributed by atoms with Gasteiger partial charge in [-0.25, -0.2) is 13.4 Å². The Morgan fingerprint density at radius 3 is 2.31 bits per heavy atom. The molecule has 2 heterocycles. The van der Waals surface area contributed by atoms with E-state index in [4.69, 9.17) is 0 Å². The topological polar surface area (TPSA) is 86.7 Å². The molecule has 0 aliphatic rings. The molecule has 0 N–H and O–H groups in total. The van der Waals surface area contributed by atoms with Gasteiger partial charge < -0.3 is 9.80 Å². The number of likely N-dealkylation sites (N-methyl/N-ethyl adjacent to an activating group) is 1. The van der Waals surface area contributed by atoms with E-state index >= 15 is 0 Å². The van der Waals surface area contributed by atoms with Crippen molar-refractivity contribution < 1.29 is 13.2 Å². The Morgan fingerprint density at radius 1 is 1.06 bits per heavy atom. The number of nitrogens with zero attached hydrogens (tertiary/aromatic N) is 5. The van der Waals surface area contributed by atoms with Gasteiger partial charge in [-0.15, -0.1) is 6.58 Å². The number of aryl methyl sites for hydroxylation is 1. The van der Waals surface area contributed by atoms with Crippen molar-refractivity contribution in [1.29, 1.82) is 0 Å². The molecule has 0 fully saturated rings. The number of hydrogen-bond donors (Lipinski definition) is 0. The fraction of sp³-hybridized carbons (Fsp3) is 0.296. The molecule has 3 rings (SSSR count). The summed E-state index contributed by atoms with van der Waals surface area (Å²) in [6.45, 7) is 7.93. The van der Waals surface area contributed by atoms with Crippen LogP contribution in [0.25, 0.3) is 0 Å². The van der Waals surface area contributed by atoms with Gasteiger partial charge in [0.25, 0.3) is 0 Å². The molecule has 0 aliphatic heterocycles. The van der Waals surface area contributed by atoms with Crippen LogP contribution in [-0.4, -0.2) is 56.4 Å². The van der Waals surface area contributed by atoms with Crippen LogP contribution in [-0.2, 0) is 21.4 Å². The normalized spacial score (nSPS) is 12.0. The second kappa shape index (κ2) is 11.8. The number of carbonyl (C=O) groups excluding carboxylic acids is 1. The molecule has 2 aromatic heterocycles. The first-order valence-electron chi connectivity index (χ1n) is 11.7. The summed E-state index contributed by atoms with van der Waals surface area (Å²) >= 11 is 0. The number of sulfonamides is 1. The number of amides is 1. The maximum atomic E-state index is 14.0. The number of aromatic nitrogens is 2. The van der Waals surface area contributed by atoms with E-state index < -0.39 is 15.3 Å². The van der Waals surface area contributed by atoms with Crippen LogP contribution < -0.4 is 9.21 Å². The lowest BCUT2D eigenvalue weighted by Crippen LogP contribution is -2.44. The van der Waals surface area contributed by atoms with Crippen molar-refractivity contribution in [2.75, 3.05) is 36.4 Å². The Balaban J connectivity index is 1.97. The molecular weight excluding hydrogens is 474 g/mol. The Morgan fingerprint density at radius 2 is 1.78 bits per heavy atom. The molecule has 1 unspecified atom stereocenters. The van der Waals surface area contributed by atoms with Crippen LogP contribution in [0.3, 0.4) is 0 Å². The van der Waals surface area contributed by atoms with Crippen LogP contribution in [0, 0.1) is 6.92 Å². The Bertz CT molecular complexity index is 1260. The van der Waals surface area contributed by atoms with E-state index in [2.05, 4.69) is 16.5 Å². The smallest absolute Gasteiger partial charge is 0.246 e. The van der Waals surface area contributed by atoms with E-state index in [0.717, 1.165) is 11.3 Å². The van der Waals surface area contributed by atoms with Crippen molar-refractivity contribution in [3.63, 3.8) is 0 Å². The van der Waals surface area contributed by atoms with Crippen LogP contribution in [0.5, 0.6) is 0 Å². The van der Waals surface area contributed by atoms with Gasteiger partial charge in [0.2, 0.25) is 15.9 Å². The fourth-order valence-electron chi connectivity index (χ4n) is 3.72. The molecule has 0 saturated heterocycles. The molecule has 1 amide bonds. The van der Waals surface area contributed by atoms with Crippen LogP contribution >= 0.6 is 0 Å². The van der Waals surface area contributed by atoms with Crippen molar-refractivity contribution in [3.05, 3.63) is 96.5 Å². The van der Waals surface area contributed by atoms with Crippen molar-refractivity contribution in [2.45, 2.75) is 25.6 Å². The van der Waals surface area contributed by atoms with Crippen molar-refractivity contribution >= 4 is 27.4 Å². The minimum Gasteiger partial charge on any atom is -0.363 e. The van der Waals surface area contributed by atoms with Crippen molar-refractivity contribution in [2.24, 2.45) is 0 Å². The summed E-state index contributed by atoms with van der Waals surface area (Å²) in [5, 5.41) is -1.08. The van der Waals surface area contributed by atoms with Crippen LogP contribution in [0.15, 0.2) is 79.6 Å². The number of benzene rings is 1. The first kappa shape index (κ1) is 26.9. The Hall–Kier alpha value is -3.72.